The van der Waals surface area contributed by atoms with E-state index in [4.69, 9.17) is 4.74 Å². The van der Waals surface area contributed by atoms with Gasteiger partial charge >= 0.3 is 11.7 Å². The first-order valence-electron chi connectivity index (χ1n) is 6.72. The number of hydrogen-bond donors (Lipinski definition) is 1. The number of esters is 1. The molecule has 0 amide bonds. The molecule has 0 spiro atoms. The lowest BCUT2D eigenvalue weighted by molar-refractivity contribution is -0.209. The predicted molar refractivity (Wildman–Crippen MR) is 70.6 cm³/mol. The van der Waals surface area contributed by atoms with E-state index in [-0.39, 0.29) is 0 Å². The molecule has 2 heterocycles. The van der Waals surface area contributed by atoms with Gasteiger partial charge in [0.25, 0.3) is 11.4 Å². The third-order valence-corrected chi connectivity index (χ3v) is 3.25. The summed E-state index contributed by atoms with van der Waals surface area (Å²) in [5.74, 6) is -4.00. The maximum atomic E-state index is 14.4. The summed E-state index contributed by atoms with van der Waals surface area (Å²) >= 11 is 0. The van der Waals surface area contributed by atoms with Gasteiger partial charge in [-0.3, -0.25) is 19.1 Å². The third-order valence-electron chi connectivity index (χ3n) is 3.25. The molecule has 0 bridgehead atoms. The largest absolute Gasteiger partial charge is 0.459 e. The summed E-state index contributed by atoms with van der Waals surface area (Å²) in [6.07, 6.45) is -2.66. The van der Waals surface area contributed by atoms with Gasteiger partial charge in [0, 0.05) is 18.7 Å². The second-order valence-corrected chi connectivity index (χ2v) is 5.34. The number of aromatic amines is 1. The SMILES string of the molecule is CC(C)C(=O)OC[C@@]1(F)O[C@@H](n2ccc(=O)[nH]c2=O)C[C@@H]1F. The van der Waals surface area contributed by atoms with E-state index in [2.05, 4.69) is 4.74 Å². The molecule has 1 aliphatic rings. The van der Waals surface area contributed by atoms with Crippen LogP contribution in [-0.4, -0.2) is 34.2 Å². The molecule has 1 saturated heterocycles. The first-order chi connectivity index (χ1) is 10.2. The fraction of sp³-hybridized carbons (Fsp3) is 0.615. The van der Waals surface area contributed by atoms with Crippen LogP contribution in [0.5, 0.6) is 0 Å². The number of rotatable bonds is 4. The monoisotopic (exact) mass is 318 g/mol. The summed E-state index contributed by atoms with van der Waals surface area (Å²) < 4.78 is 38.8. The summed E-state index contributed by atoms with van der Waals surface area (Å²) in [5, 5.41) is 0. The molecule has 1 aliphatic heterocycles. The minimum atomic E-state index is -2.83. The van der Waals surface area contributed by atoms with E-state index >= 15 is 0 Å². The molecular weight excluding hydrogens is 302 g/mol. The highest BCUT2D eigenvalue weighted by Crippen LogP contribution is 2.39. The summed E-state index contributed by atoms with van der Waals surface area (Å²) in [6, 6.07) is 1.04. The molecule has 1 N–H and O–H groups in total. The van der Waals surface area contributed by atoms with Crippen molar-refractivity contribution in [3.8, 4) is 0 Å². The number of H-pyrrole nitrogens is 1. The molecule has 0 saturated carbocycles. The maximum absolute atomic E-state index is 14.4. The van der Waals surface area contributed by atoms with Crippen LogP contribution in [-0.2, 0) is 14.3 Å². The molecule has 7 nitrogen and oxygen atoms in total. The lowest BCUT2D eigenvalue weighted by Crippen LogP contribution is -2.39. The van der Waals surface area contributed by atoms with E-state index in [9.17, 15) is 23.2 Å². The lowest BCUT2D eigenvalue weighted by atomic mass is 10.2. The van der Waals surface area contributed by atoms with Crippen LogP contribution in [0.25, 0.3) is 0 Å². The molecule has 1 fully saturated rings. The van der Waals surface area contributed by atoms with Crippen LogP contribution in [0.15, 0.2) is 21.9 Å². The van der Waals surface area contributed by atoms with Gasteiger partial charge in [-0.25, -0.2) is 13.6 Å². The number of nitrogens with one attached hydrogen (secondary N) is 1. The third kappa shape index (κ3) is 3.24. The Hall–Kier alpha value is -2.03. The molecule has 1 aromatic rings. The molecule has 3 atom stereocenters. The highest BCUT2D eigenvalue weighted by molar-refractivity contribution is 5.71. The van der Waals surface area contributed by atoms with Crippen molar-refractivity contribution in [1.82, 2.24) is 9.55 Å². The van der Waals surface area contributed by atoms with E-state index in [0.717, 1.165) is 16.8 Å². The van der Waals surface area contributed by atoms with Crippen LogP contribution < -0.4 is 11.2 Å². The Morgan fingerprint density at radius 3 is 2.86 bits per heavy atom. The van der Waals surface area contributed by atoms with Gasteiger partial charge in [0.2, 0.25) is 0 Å². The highest BCUT2D eigenvalue weighted by atomic mass is 19.2. The zero-order chi connectivity index (χ0) is 16.5. The number of ether oxygens (including phenoxy) is 2. The first kappa shape index (κ1) is 16.3. The summed E-state index contributed by atoms with van der Waals surface area (Å²) in [7, 11) is 0. The Bertz CT molecular complexity index is 671. The van der Waals surface area contributed by atoms with E-state index in [1.54, 1.807) is 13.8 Å². The Labute approximate surface area is 123 Å². The Balaban J connectivity index is 2.12. The molecule has 9 heteroatoms. The first-order valence-corrected chi connectivity index (χ1v) is 6.72. The van der Waals surface area contributed by atoms with Gasteiger partial charge in [-0.1, -0.05) is 13.8 Å². The van der Waals surface area contributed by atoms with E-state index < -0.39 is 54.4 Å². The summed E-state index contributed by atoms with van der Waals surface area (Å²) in [4.78, 5) is 35.9. The number of aromatic nitrogens is 2. The van der Waals surface area contributed by atoms with E-state index in [1.165, 1.54) is 0 Å². The maximum Gasteiger partial charge on any atom is 0.330 e. The number of carbonyl (C=O) groups is 1. The van der Waals surface area contributed by atoms with E-state index in [1.807, 2.05) is 4.98 Å². The smallest absolute Gasteiger partial charge is 0.330 e. The predicted octanol–water partition coefficient (Wildman–Crippen LogP) is 0.659. The van der Waals surface area contributed by atoms with Gasteiger partial charge in [0.15, 0.2) is 12.8 Å². The highest BCUT2D eigenvalue weighted by Gasteiger charge is 2.52. The molecule has 0 aliphatic carbocycles. The van der Waals surface area contributed by atoms with Crippen molar-refractivity contribution < 1.29 is 23.0 Å². The molecule has 0 aromatic carbocycles. The van der Waals surface area contributed by atoms with Gasteiger partial charge in [-0.05, 0) is 0 Å². The van der Waals surface area contributed by atoms with Gasteiger partial charge in [-0.15, -0.1) is 0 Å². The molecule has 122 valence electrons. The van der Waals surface area contributed by atoms with Crippen molar-refractivity contribution in [2.24, 2.45) is 5.92 Å². The van der Waals surface area contributed by atoms with Gasteiger partial charge in [-0.2, -0.15) is 0 Å². The summed E-state index contributed by atoms with van der Waals surface area (Å²) in [5.41, 5.74) is -1.47. The molecule has 0 radical (unpaired) electrons. The Morgan fingerprint density at radius 2 is 2.27 bits per heavy atom. The average Bonchev–Trinajstić information content (AvgIpc) is 2.72. The summed E-state index contributed by atoms with van der Waals surface area (Å²) in [6.45, 7) is 2.20. The number of alkyl halides is 2. The van der Waals surface area contributed by atoms with Crippen LogP contribution in [0.4, 0.5) is 8.78 Å². The zero-order valence-corrected chi connectivity index (χ0v) is 12.0. The van der Waals surface area contributed by atoms with Crippen molar-refractivity contribution in [2.45, 2.75) is 38.5 Å². The van der Waals surface area contributed by atoms with Gasteiger partial charge in [0.1, 0.15) is 6.23 Å². The second kappa shape index (κ2) is 5.99. The van der Waals surface area contributed by atoms with Crippen molar-refractivity contribution in [1.29, 1.82) is 0 Å². The minimum Gasteiger partial charge on any atom is -0.459 e. The van der Waals surface area contributed by atoms with Crippen LogP contribution in [0.2, 0.25) is 0 Å². The zero-order valence-electron chi connectivity index (χ0n) is 12.0. The van der Waals surface area contributed by atoms with Crippen molar-refractivity contribution in [3.05, 3.63) is 33.1 Å². The fourth-order valence-electron chi connectivity index (χ4n) is 1.99. The van der Waals surface area contributed by atoms with Crippen molar-refractivity contribution in [3.63, 3.8) is 0 Å². The fourth-order valence-corrected chi connectivity index (χ4v) is 1.99. The standard InChI is InChI=1S/C13H16F2N2O5/c1-7(2)11(19)21-6-13(15)8(14)5-10(22-13)17-4-3-9(18)16-12(17)20/h3-4,7-8,10H,5-6H2,1-2H3,(H,16,18,20)/t8-,10+,13+/m0/s1. The van der Waals surface area contributed by atoms with Crippen LogP contribution in [0.3, 0.4) is 0 Å². The molecule has 22 heavy (non-hydrogen) atoms. The van der Waals surface area contributed by atoms with Gasteiger partial charge in [0.05, 0.1) is 5.92 Å². The molecular formula is C13H16F2N2O5. The minimum absolute atomic E-state index is 0.443. The Kier molecular flexibility index (Phi) is 4.45. The number of hydrogen-bond acceptors (Lipinski definition) is 5. The van der Waals surface area contributed by atoms with Gasteiger partial charge < -0.3 is 9.47 Å². The molecule has 1 aromatic heterocycles. The Morgan fingerprint density at radius 1 is 1.59 bits per heavy atom. The van der Waals surface area contributed by atoms with Crippen molar-refractivity contribution >= 4 is 5.97 Å². The van der Waals surface area contributed by atoms with Crippen molar-refractivity contribution in [2.75, 3.05) is 6.61 Å². The second-order valence-electron chi connectivity index (χ2n) is 5.34. The molecule has 0 unspecified atom stereocenters. The van der Waals surface area contributed by atoms with Crippen LogP contribution in [0.1, 0.15) is 26.5 Å². The number of carbonyl (C=O) groups excluding carboxylic acids is 1. The quantitative estimate of drug-likeness (QED) is 0.824. The number of halogens is 2. The lowest BCUT2D eigenvalue weighted by Gasteiger charge is -2.22. The molecule has 2 rings (SSSR count). The normalized spacial score (nSPS) is 28.0. The average molecular weight is 318 g/mol. The number of nitrogens with zero attached hydrogens (tertiary/aromatic N) is 1. The van der Waals surface area contributed by atoms with E-state index in [0.29, 0.717) is 0 Å². The van der Waals surface area contributed by atoms with Crippen LogP contribution >= 0.6 is 0 Å². The van der Waals surface area contributed by atoms with Crippen LogP contribution in [0, 0.1) is 5.92 Å². The topological polar surface area (TPSA) is 90.4 Å².